The summed E-state index contributed by atoms with van der Waals surface area (Å²) < 4.78 is 0. The van der Waals surface area contributed by atoms with E-state index in [1.165, 1.54) is 0 Å². The van der Waals surface area contributed by atoms with E-state index >= 15 is 0 Å². The van der Waals surface area contributed by atoms with Gasteiger partial charge in [-0.05, 0) is 18.6 Å². The van der Waals surface area contributed by atoms with Crippen LogP contribution >= 0.6 is 11.6 Å². The summed E-state index contributed by atoms with van der Waals surface area (Å²) in [6.45, 7) is 4.06. The van der Waals surface area contributed by atoms with Gasteiger partial charge in [0.25, 0.3) is 0 Å². The van der Waals surface area contributed by atoms with Gasteiger partial charge in [-0.2, -0.15) is 0 Å². The van der Waals surface area contributed by atoms with Gasteiger partial charge < -0.3 is 4.98 Å². The molecule has 2 nitrogen and oxygen atoms in total. The summed E-state index contributed by atoms with van der Waals surface area (Å²) in [5.74, 6) is 0.224. The van der Waals surface area contributed by atoms with Crippen molar-refractivity contribution in [2.75, 3.05) is 0 Å². The van der Waals surface area contributed by atoms with Gasteiger partial charge in [0.1, 0.15) is 0 Å². The highest BCUT2D eigenvalue weighted by molar-refractivity contribution is 6.36. The Balaban J connectivity index is 2.46. The summed E-state index contributed by atoms with van der Waals surface area (Å²) in [7, 11) is 0. The SMILES string of the molecule is CCCC(C)C(=O)c1c[nH]c2cccc(Cl)c12. The number of fused-ring (bicyclic) bond motifs is 1. The molecule has 0 fully saturated rings. The van der Waals surface area contributed by atoms with Crippen LogP contribution in [0.2, 0.25) is 5.02 Å². The van der Waals surface area contributed by atoms with Gasteiger partial charge in [-0.15, -0.1) is 0 Å². The molecule has 90 valence electrons. The van der Waals surface area contributed by atoms with E-state index in [0.717, 1.165) is 23.7 Å². The number of rotatable bonds is 4. The van der Waals surface area contributed by atoms with Crippen molar-refractivity contribution in [3.63, 3.8) is 0 Å². The minimum absolute atomic E-state index is 0.0512. The predicted molar refractivity (Wildman–Crippen MR) is 71.7 cm³/mol. The van der Waals surface area contributed by atoms with Crippen molar-refractivity contribution in [2.24, 2.45) is 5.92 Å². The largest absolute Gasteiger partial charge is 0.360 e. The first-order chi connectivity index (χ1) is 8.15. The first-order valence-electron chi connectivity index (χ1n) is 5.95. The second kappa shape index (κ2) is 4.92. The molecule has 1 aromatic heterocycles. The number of carbonyl (C=O) groups is 1. The number of ketones is 1. The monoisotopic (exact) mass is 249 g/mol. The summed E-state index contributed by atoms with van der Waals surface area (Å²) in [6.07, 6.45) is 3.70. The molecule has 2 aromatic rings. The van der Waals surface area contributed by atoms with Crippen molar-refractivity contribution in [1.29, 1.82) is 0 Å². The Kier molecular flexibility index (Phi) is 3.53. The normalized spacial score (nSPS) is 12.9. The van der Waals surface area contributed by atoms with E-state index in [9.17, 15) is 4.79 Å². The molecule has 0 saturated heterocycles. The van der Waals surface area contributed by atoms with Crippen LogP contribution in [0.3, 0.4) is 0 Å². The molecule has 3 heteroatoms. The maximum absolute atomic E-state index is 12.3. The Morgan fingerprint density at radius 2 is 2.24 bits per heavy atom. The number of halogens is 1. The third-order valence-corrected chi connectivity index (χ3v) is 3.40. The minimum atomic E-state index is 0.0512. The summed E-state index contributed by atoms with van der Waals surface area (Å²) in [5, 5.41) is 1.48. The smallest absolute Gasteiger partial charge is 0.167 e. The van der Waals surface area contributed by atoms with Gasteiger partial charge in [-0.3, -0.25) is 4.79 Å². The zero-order chi connectivity index (χ0) is 12.4. The van der Waals surface area contributed by atoms with Gasteiger partial charge in [0.2, 0.25) is 0 Å². The highest BCUT2D eigenvalue weighted by Gasteiger charge is 2.19. The predicted octanol–water partition coefficient (Wildman–Crippen LogP) is 4.44. The lowest BCUT2D eigenvalue weighted by Crippen LogP contribution is -2.10. The van der Waals surface area contributed by atoms with Crippen molar-refractivity contribution in [3.8, 4) is 0 Å². The fraction of sp³-hybridized carbons (Fsp3) is 0.357. The molecule has 1 unspecified atom stereocenters. The van der Waals surface area contributed by atoms with Crippen molar-refractivity contribution in [2.45, 2.75) is 26.7 Å². The number of nitrogens with one attached hydrogen (secondary N) is 1. The topological polar surface area (TPSA) is 32.9 Å². The van der Waals surface area contributed by atoms with E-state index in [2.05, 4.69) is 11.9 Å². The lowest BCUT2D eigenvalue weighted by molar-refractivity contribution is 0.0925. The van der Waals surface area contributed by atoms with Gasteiger partial charge in [0.15, 0.2) is 5.78 Å². The lowest BCUT2D eigenvalue weighted by Gasteiger charge is -2.08. The van der Waals surface area contributed by atoms with Crippen molar-refractivity contribution < 1.29 is 4.79 Å². The number of aromatic nitrogens is 1. The number of aromatic amines is 1. The summed E-state index contributed by atoms with van der Waals surface area (Å²) >= 11 is 6.16. The van der Waals surface area contributed by atoms with E-state index in [4.69, 9.17) is 11.6 Å². The van der Waals surface area contributed by atoms with E-state index in [-0.39, 0.29) is 11.7 Å². The Morgan fingerprint density at radius 1 is 1.47 bits per heavy atom. The maximum Gasteiger partial charge on any atom is 0.167 e. The van der Waals surface area contributed by atoms with Crippen molar-refractivity contribution in [3.05, 3.63) is 35.0 Å². The second-order valence-electron chi connectivity index (χ2n) is 4.42. The highest BCUT2D eigenvalue weighted by atomic mass is 35.5. The third kappa shape index (κ3) is 2.22. The van der Waals surface area contributed by atoms with Crippen LogP contribution in [-0.2, 0) is 0 Å². The molecule has 17 heavy (non-hydrogen) atoms. The minimum Gasteiger partial charge on any atom is -0.360 e. The molecule has 1 N–H and O–H groups in total. The van der Waals surface area contributed by atoms with E-state index in [1.54, 1.807) is 6.20 Å². The molecule has 0 saturated carbocycles. The van der Waals surface area contributed by atoms with Gasteiger partial charge >= 0.3 is 0 Å². The van der Waals surface area contributed by atoms with Gasteiger partial charge in [0.05, 0.1) is 5.02 Å². The third-order valence-electron chi connectivity index (χ3n) is 3.09. The van der Waals surface area contributed by atoms with Crippen LogP contribution in [0, 0.1) is 5.92 Å². The number of H-pyrrole nitrogens is 1. The summed E-state index contributed by atoms with van der Waals surface area (Å²) in [4.78, 5) is 15.4. The van der Waals surface area contributed by atoms with Gasteiger partial charge in [-0.1, -0.05) is 37.9 Å². The van der Waals surface area contributed by atoms with E-state index in [1.807, 2.05) is 25.1 Å². The van der Waals surface area contributed by atoms with Crippen molar-refractivity contribution in [1.82, 2.24) is 4.98 Å². The maximum atomic E-state index is 12.3. The van der Waals surface area contributed by atoms with Crippen LogP contribution in [0.15, 0.2) is 24.4 Å². The number of hydrogen-bond donors (Lipinski definition) is 1. The quantitative estimate of drug-likeness (QED) is 0.799. The molecule has 0 spiro atoms. The van der Waals surface area contributed by atoms with E-state index < -0.39 is 0 Å². The van der Waals surface area contributed by atoms with Gasteiger partial charge in [-0.25, -0.2) is 0 Å². The fourth-order valence-electron chi connectivity index (χ4n) is 2.16. The standard InChI is InChI=1S/C14H16ClNO/c1-3-5-9(2)14(17)10-8-16-12-7-4-6-11(15)13(10)12/h4,6-9,16H,3,5H2,1-2H3. The molecular formula is C14H16ClNO. The Hall–Kier alpha value is -1.28. The number of hydrogen-bond acceptors (Lipinski definition) is 1. The van der Waals surface area contributed by atoms with Crippen LogP contribution < -0.4 is 0 Å². The summed E-state index contributed by atoms with van der Waals surface area (Å²) in [5.41, 5.74) is 1.64. The van der Waals surface area contributed by atoms with Crippen LogP contribution in [0.5, 0.6) is 0 Å². The zero-order valence-corrected chi connectivity index (χ0v) is 10.8. The number of benzene rings is 1. The lowest BCUT2D eigenvalue weighted by atomic mass is 9.95. The molecule has 0 aliphatic rings. The van der Waals surface area contributed by atoms with E-state index in [0.29, 0.717) is 10.6 Å². The van der Waals surface area contributed by atoms with Crippen LogP contribution in [0.4, 0.5) is 0 Å². The Labute approximate surface area is 106 Å². The number of Topliss-reactive ketones (excluding diaryl/α,β-unsaturated/α-hetero) is 1. The van der Waals surface area contributed by atoms with Crippen LogP contribution in [0.25, 0.3) is 10.9 Å². The molecule has 2 rings (SSSR count). The average molecular weight is 250 g/mol. The molecule has 0 aliphatic heterocycles. The Bertz CT molecular complexity index is 544. The van der Waals surface area contributed by atoms with Crippen LogP contribution in [0.1, 0.15) is 37.0 Å². The highest BCUT2D eigenvalue weighted by Crippen LogP contribution is 2.28. The zero-order valence-electron chi connectivity index (χ0n) is 10.1. The molecule has 1 aromatic carbocycles. The molecule has 0 bridgehead atoms. The van der Waals surface area contributed by atoms with Gasteiger partial charge in [0, 0.05) is 28.6 Å². The second-order valence-corrected chi connectivity index (χ2v) is 4.83. The fourth-order valence-corrected chi connectivity index (χ4v) is 2.44. The average Bonchev–Trinajstić information content (AvgIpc) is 2.73. The molecule has 0 aliphatic carbocycles. The van der Waals surface area contributed by atoms with Crippen LogP contribution in [-0.4, -0.2) is 10.8 Å². The molecule has 0 amide bonds. The molecule has 1 heterocycles. The number of carbonyl (C=O) groups excluding carboxylic acids is 1. The first kappa shape index (κ1) is 12.2. The molecular weight excluding hydrogens is 234 g/mol. The molecule has 1 atom stereocenters. The first-order valence-corrected chi connectivity index (χ1v) is 6.32. The Morgan fingerprint density at radius 3 is 2.94 bits per heavy atom. The molecule has 0 radical (unpaired) electrons. The van der Waals surface area contributed by atoms with Crippen molar-refractivity contribution >= 4 is 28.3 Å². The summed E-state index contributed by atoms with van der Waals surface area (Å²) in [6, 6.07) is 5.63.